The molecule has 1 aliphatic carbocycles. The molecule has 1 aromatic carbocycles. The zero-order valence-electron chi connectivity index (χ0n) is 9.67. The van der Waals surface area contributed by atoms with Crippen molar-refractivity contribution in [3.05, 3.63) is 23.8 Å². The molecule has 1 aromatic rings. The summed E-state index contributed by atoms with van der Waals surface area (Å²) in [4.78, 5) is 0. The number of rotatable bonds is 3. The summed E-state index contributed by atoms with van der Waals surface area (Å²) in [5.74, 6) is -1.33. The van der Waals surface area contributed by atoms with Crippen LogP contribution in [0, 0.1) is 11.6 Å². The van der Waals surface area contributed by atoms with Crippen molar-refractivity contribution in [2.24, 2.45) is 0 Å². The zero-order valence-corrected chi connectivity index (χ0v) is 9.67. The second kappa shape index (κ2) is 4.87. The van der Waals surface area contributed by atoms with Gasteiger partial charge in [0.1, 0.15) is 5.69 Å². The van der Waals surface area contributed by atoms with E-state index >= 15 is 0 Å². The van der Waals surface area contributed by atoms with Gasteiger partial charge in [-0.15, -0.1) is 0 Å². The summed E-state index contributed by atoms with van der Waals surface area (Å²) in [6.07, 6.45) is 2.76. The zero-order chi connectivity index (χ0) is 12.4. The van der Waals surface area contributed by atoms with Crippen molar-refractivity contribution < 1.29 is 13.5 Å². The summed E-state index contributed by atoms with van der Waals surface area (Å²) in [7, 11) is 1.61. The maximum atomic E-state index is 13.6. The van der Waals surface area contributed by atoms with Gasteiger partial charge in [0.25, 0.3) is 0 Å². The van der Waals surface area contributed by atoms with Crippen molar-refractivity contribution in [3.8, 4) is 0 Å². The molecule has 3 N–H and O–H groups in total. The first-order valence-corrected chi connectivity index (χ1v) is 5.65. The van der Waals surface area contributed by atoms with Gasteiger partial charge in [-0.3, -0.25) is 0 Å². The highest BCUT2D eigenvalue weighted by Gasteiger charge is 2.28. The third-order valence-corrected chi connectivity index (χ3v) is 3.15. The van der Waals surface area contributed by atoms with Gasteiger partial charge in [0.2, 0.25) is 0 Å². The van der Waals surface area contributed by atoms with Gasteiger partial charge in [-0.1, -0.05) is 0 Å². The molecule has 94 valence electrons. The van der Waals surface area contributed by atoms with Crippen LogP contribution in [-0.2, 0) is 4.74 Å². The van der Waals surface area contributed by atoms with Crippen LogP contribution in [0.25, 0.3) is 0 Å². The number of nitrogen functional groups attached to an aromatic ring is 1. The summed E-state index contributed by atoms with van der Waals surface area (Å²) in [6, 6.07) is 2.18. The van der Waals surface area contributed by atoms with Gasteiger partial charge < -0.3 is 15.8 Å². The van der Waals surface area contributed by atoms with Crippen LogP contribution < -0.4 is 11.1 Å². The van der Waals surface area contributed by atoms with Crippen LogP contribution in [0.1, 0.15) is 19.3 Å². The lowest BCUT2D eigenvalue weighted by atomic mass is 10.2. The topological polar surface area (TPSA) is 47.3 Å². The van der Waals surface area contributed by atoms with E-state index in [1.807, 2.05) is 0 Å². The minimum Gasteiger partial charge on any atom is -0.399 e. The van der Waals surface area contributed by atoms with Crippen LogP contribution in [0.4, 0.5) is 20.2 Å². The lowest BCUT2D eigenvalue weighted by Gasteiger charge is -2.21. The van der Waals surface area contributed by atoms with Crippen molar-refractivity contribution in [2.45, 2.75) is 31.4 Å². The van der Waals surface area contributed by atoms with E-state index in [2.05, 4.69) is 5.32 Å². The number of methoxy groups -OCH3 is 1. The normalized spacial score (nSPS) is 23.9. The van der Waals surface area contributed by atoms with E-state index in [4.69, 9.17) is 10.5 Å². The summed E-state index contributed by atoms with van der Waals surface area (Å²) >= 11 is 0. The Labute approximate surface area is 98.9 Å². The van der Waals surface area contributed by atoms with Crippen molar-refractivity contribution in [3.63, 3.8) is 0 Å². The van der Waals surface area contributed by atoms with Gasteiger partial charge in [-0.2, -0.15) is 0 Å². The molecule has 0 aromatic heterocycles. The molecule has 0 heterocycles. The fraction of sp³-hybridized carbons (Fsp3) is 0.500. The highest BCUT2D eigenvalue weighted by molar-refractivity contribution is 5.54. The number of anilines is 2. The minimum atomic E-state index is -0.663. The van der Waals surface area contributed by atoms with Crippen LogP contribution in [0.2, 0.25) is 0 Å². The van der Waals surface area contributed by atoms with Crippen molar-refractivity contribution in [1.82, 2.24) is 0 Å². The van der Waals surface area contributed by atoms with Gasteiger partial charge in [-0.05, 0) is 31.4 Å². The molecule has 0 radical (unpaired) electrons. The fourth-order valence-electron chi connectivity index (χ4n) is 2.29. The Kier molecular flexibility index (Phi) is 3.47. The van der Waals surface area contributed by atoms with Crippen LogP contribution in [0.5, 0.6) is 0 Å². The molecule has 3 nitrogen and oxygen atoms in total. The van der Waals surface area contributed by atoms with E-state index in [0.717, 1.165) is 31.4 Å². The Morgan fingerprint density at radius 1 is 1.29 bits per heavy atom. The Morgan fingerprint density at radius 2 is 1.94 bits per heavy atom. The van der Waals surface area contributed by atoms with Crippen molar-refractivity contribution in [2.75, 3.05) is 18.2 Å². The Bertz CT molecular complexity index is 388. The smallest absolute Gasteiger partial charge is 0.151 e. The van der Waals surface area contributed by atoms with Gasteiger partial charge in [0, 0.05) is 12.8 Å². The predicted octanol–water partition coefficient (Wildman–Crippen LogP) is 2.53. The van der Waals surface area contributed by atoms with Gasteiger partial charge in [0.15, 0.2) is 11.6 Å². The standard InChI is InChI=1S/C12H16F2N2O/c1-17-11-4-2-3-10(11)16-12-8(13)5-7(15)6-9(12)14/h5-6,10-11,16H,2-4,15H2,1H3. The predicted molar refractivity (Wildman–Crippen MR) is 62.8 cm³/mol. The molecular formula is C12H16F2N2O. The molecule has 1 fully saturated rings. The second-order valence-electron chi connectivity index (χ2n) is 4.32. The monoisotopic (exact) mass is 242 g/mol. The molecule has 0 spiro atoms. The lowest BCUT2D eigenvalue weighted by Crippen LogP contribution is -2.30. The summed E-state index contributed by atoms with van der Waals surface area (Å²) in [5.41, 5.74) is 5.32. The third-order valence-electron chi connectivity index (χ3n) is 3.15. The average molecular weight is 242 g/mol. The molecule has 1 aliphatic rings. The van der Waals surface area contributed by atoms with E-state index in [9.17, 15) is 8.78 Å². The summed E-state index contributed by atoms with van der Waals surface area (Å²) < 4.78 is 32.4. The van der Waals surface area contributed by atoms with E-state index in [1.54, 1.807) is 7.11 Å². The quantitative estimate of drug-likeness (QED) is 0.801. The van der Waals surface area contributed by atoms with E-state index in [-0.39, 0.29) is 23.5 Å². The Morgan fingerprint density at radius 3 is 2.53 bits per heavy atom. The fourth-order valence-corrected chi connectivity index (χ4v) is 2.29. The highest BCUT2D eigenvalue weighted by Crippen LogP contribution is 2.28. The van der Waals surface area contributed by atoms with Crippen LogP contribution in [-0.4, -0.2) is 19.3 Å². The Balaban J connectivity index is 2.18. The summed E-state index contributed by atoms with van der Waals surface area (Å²) in [5, 5.41) is 2.88. The summed E-state index contributed by atoms with van der Waals surface area (Å²) in [6.45, 7) is 0. The Hall–Kier alpha value is -1.36. The first-order valence-electron chi connectivity index (χ1n) is 5.65. The largest absolute Gasteiger partial charge is 0.399 e. The molecule has 2 atom stereocenters. The average Bonchev–Trinajstić information content (AvgIpc) is 2.70. The number of hydrogen-bond donors (Lipinski definition) is 2. The van der Waals surface area contributed by atoms with E-state index in [0.29, 0.717) is 0 Å². The second-order valence-corrected chi connectivity index (χ2v) is 4.32. The first-order chi connectivity index (χ1) is 8.11. The van der Waals surface area contributed by atoms with Gasteiger partial charge >= 0.3 is 0 Å². The maximum Gasteiger partial charge on any atom is 0.151 e. The molecule has 2 rings (SSSR count). The molecule has 2 unspecified atom stereocenters. The number of halogens is 2. The number of nitrogens with one attached hydrogen (secondary N) is 1. The molecule has 1 saturated carbocycles. The number of benzene rings is 1. The van der Waals surface area contributed by atoms with E-state index in [1.165, 1.54) is 0 Å². The highest BCUT2D eigenvalue weighted by atomic mass is 19.1. The number of nitrogens with two attached hydrogens (primary N) is 1. The van der Waals surface area contributed by atoms with Crippen LogP contribution in [0.15, 0.2) is 12.1 Å². The first kappa shape index (κ1) is 12.1. The number of ether oxygens (including phenoxy) is 1. The molecule has 17 heavy (non-hydrogen) atoms. The molecule has 0 bridgehead atoms. The number of hydrogen-bond acceptors (Lipinski definition) is 3. The molecular weight excluding hydrogens is 226 g/mol. The molecule has 0 aliphatic heterocycles. The molecule has 5 heteroatoms. The SMILES string of the molecule is COC1CCCC1Nc1c(F)cc(N)cc1F. The molecule has 0 amide bonds. The van der Waals surface area contributed by atoms with Crippen molar-refractivity contribution >= 4 is 11.4 Å². The third kappa shape index (κ3) is 2.49. The van der Waals surface area contributed by atoms with Crippen LogP contribution >= 0.6 is 0 Å². The molecule has 0 saturated heterocycles. The van der Waals surface area contributed by atoms with E-state index < -0.39 is 11.6 Å². The minimum absolute atomic E-state index is 0.00588. The van der Waals surface area contributed by atoms with Crippen molar-refractivity contribution in [1.29, 1.82) is 0 Å². The van der Waals surface area contributed by atoms with Gasteiger partial charge in [0.05, 0.1) is 12.1 Å². The van der Waals surface area contributed by atoms with Crippen LogP contribution in [0.3, 0.4) is 0 Å². The lowest BCUT2D eigenvalue weighted by molar-refractivity contribution is 0.101. The van der Waals surface area contributed by atoms with Gasteiger partial charge in [-0.25, -0.2) is 8.78 Å². The maximum absolute atomic E-state index is 13.6.